The van der Waals surface area contributed by atoms with Gasteiger partial charge in [0.15, 0.2) is 0 Å². The predicted octanol–water partition coefficient (Wildman–Crippen LogP) is 2.34. The third-order valence-electron chi connectivity index (χ3n) is 3.60. The molecule has 0 aliphatic carbocycles. The van der Waals surface area contributed by atoms with Gasteiger partial charge in [-0.25, -0.2) is 27.7 Å². The Bertz CT molecular complexity index is 1110. The molecule has 2 aromatic rings. The molecule has 0 spiro atoms. The largest absolute Gasteiger partial charge is 0.481 e. The maximum Gasteiger partial charge on any atom is 0.339 e. The summed E-state index contributed by atoms with van der Waals surface area (Å²) in [6.07, 6.45) is 0. The second-order valence-corrected chi connectivity index (χ2v) is 8.97. The molecule has 0 saturated carbocycles. The third kappa shape index (κ3) is 7.03. The summed E-state index contributed by atoms with van der Waals surface area (Å²) >= 11 is 6.26. The topological polar surface area (TPSA) is 146 Å². The van der Waals surface area contributed by atoms with Crippen molar-refractivity contribution >= 4 is 56.3 Å². The van der Waals surface area contributed by atoms with Gasteiger partial charge in [0.25, 0.3) is 10.0 Å². The molecule has 1 aromatic heterocycles. The van der Waals surface area contributed by atoms with Gasteiger partial charge in [-0.15, -0.1) is 0 Å². The molecule has 14 heteroatoms. The van der Waals surface area contributed by atoms with E-state index in [1.54, 1.807) is 6.92 Å². The van der Waals surface area contributed by atoms with Crippen LogP contribution in [0.5, 0.6) is 5.88 Å². The zero-order chi connectivity index (χ0) is 23.7. The Balaban J connectivity index is 2.18. The molecule has 0 atom stereocenters. The van der Waals surface area contributed by atoms with Crippen LogP contribution in [-0.4, -0.2) is 55.6 Å². The van der Waals surface area contributed by atoms with Crippen LogP contribution >= 0.6 is 24.0 Å². The van der Waals surface area contributed by atoms with Gasteiger partial charge in [0, 0.05) is 11.8 Å². The van der Waals surface area contributed by atoms with Crippen LogP contribution < -0.4 is 14.8 Å². The highest BCUT2D eigenvalue weighted by Crippen LogP contribution is 2.19. The van der Waals surface area contributed by atoms with Crippen molar-refractivity contribution in [3.05, 3.63) is 41.6 Å². The normalized spacial score (nSPS) is 10.7. The molecule has 0 unspecified atom stereocenters. The summed E-state index contributed by atoms with van der Waals surface area (Å²) in [4.78, 5) is 31.9. The predicted molar refractivity (Wildman–Crippen MR) is 121 cm³/mol. The van der Waals surface area contributed by atoms with E-state index in [1.807, 2.05) is 4.72 Å². The van der Waals surface area contributed by atoms with Crippen LogP contribution in [0.2, 0.25) is 0 Å². The smallest absolute Gasteiger partial charge is 0.339 e. The first kappa shape index (κ1) is 25.3. The molecule has 1 heterocycles. The summed E-state index contributed by atoms with van der Waals surface area (Å²) in [5.41, 5.74) is 0.232. The van der Waals surface area contributed by atoms with Crippen molar-refractivity contribution in [2.75, 3.05) is 26.1 Å². The van der Waals surface area contributed by atoms with Crippen molar-refractivity contribution < 1.29 is 32.2 Å². The monoisotopic (exact) mass is 500 g/mol. The maximum atomic E-state index is 12.6. The van der Waals surface area contributed by atoms with Gasteiger partial charge in [-0.3, -0.25) is 5.32 Å². The Hall–Kier alpha value is -2.97. The molecule has 172 valence electrons. The fraction of sp³-hybridized carbons (Fsp3) is 0.278. The number of esters is 1. The summed E-state index contributed by atoms with van der Waals surface area (Å²) in [6.45, 7) is 2.23. The number of nitrogens with one attached hydrogen (secondary N) is 2. The fourth-order valence-corrected chi connectivity index (χ4v) is 4.30. The van der Waals surface area contributed by atoms with E-state index in [0.717, 1.165) is 7.11 Å². The number of rotatable bonds is 8. The number of amides is 2. The molecule has 0 saturated heterocycles. The summed E-state index contributed by atoms with van der Waals surface area (Å²) < 4.78 is 42.2. The van der Waals surface area contributed by atoms with Crippen LogP contribution in [-0.2, 0) is 25.2 Å². The van der Waals surface area contributed by atoms with Gasteiger partial charge < -0.3 is 14.2 Å². The zero-order valence-electron chi connectivity index (χ0n) is 17.3. The first-order valence-electron chi connectivity index (χ1n) is 8.92. The summed E-state index contributed by atoms with van der Waals surface area (Å²) in [6, 6.07) is 5.70. The molecular formula is C18H20N4O7S3. The maximum absolute atomic E-state index is 12.6. The first-order valence-corrected chi connectivity index (χ1v) is 11.8. The van der Waals surface area contributed by atoms with Crippen LogP contribution in [0.15, 0.2) is 35.2 Å². The second-order valence-electron chi connectivity index (χ2n) is 5.74. The quantitative estimate of drug-likeness (QED) is 0.407. The van der Waals surface area contributed by atoms with Gasteiger partial charge in [-0.2, -0.15) is 4.98 Å². The van der Waals surface area contributed by atoms with Gasteiger partial charge in [-0.1, -0.05) is 23.9 Å². The molecule has 0 aliphatic rings. The van der Waals surface area contributed by atoms with Crippen LogP contribution in [0.25, 0.3) is 0 Å². The molecule has 2 N–H and O–H groups in total. The Kier molecular flexibility index (Phi) is 9.16. The van der Waals surface area contributed by atoms with Gasteiger partial charge in [0.2, 0.25) is 16.2 Å². The molecule has 2 rings (SSSR count). The summed E-state index contributed by atoms with van der Waals surface area (Å²) in [7, 11) is -1.92. The van der Waals surface area contributed by atoms with Crippen LogP contribution in [0.3, 0.4) is 0 Å². The highest BCUT2D eigenvalue weighted by molar-refractivity contribution is 8.22. The Morgan fingerprint density at radius 2 is 1.91 bits per heavy atom. The number of aromatic nitrogens is 2. The lowest BCUT2D eigenvalue weighted by atomic mass is 10.2. The number of anilines is 1. The molecule has 11 nitrogen and oxygen atoms in total. The van der Waals surface area contributed by atoms with E-state index < -0.39 is 26.9 Å². The number of urea groups is 1. The highest BCUT2D eigenvalue weighted by Gasteiger charge is 2.25. The molecule has 0 radical (unpaired) electrons. The van der Waals surface area contributed by atoms with Gasteiger partial charge in [0.05, 0.1) is 32.1 Å². The van der Waals surface area contributed by atoms with E-state index in [-0.39, 0.29) is 17.4 Å². The molecule has 0 fully saturated rings. The average molecular weight is 501 g/mol. The number of sulfonamides is 1. The minimum absolute atomic E-state index is 0.145. The van der Waals surface area contributed by atoms with Gasteiger partial charge in [-0.05, 0) is 31.3 Å². The van der Waals surface area contributed by atoms with Gasteiger partial charge in [0.1, 0.15) is 4.90 Å². The minimum Gasteiger partial charge on any atom is -0.481 e. The lowest BCUT2D eigenvalue weighted by Crippen LogP contribution is -2.35. The van der Waals surface area contributed by atoms with Crippen molar-refractivity contribution in [3.63, 3.8) is 0 Å². The number of methoxy groups -OCH3 is 2. The molecular weight excluding hydrogens is 480 g/mol. The van der Waals surface area contributed by atoms with E-state index in [0.29, 0.717) is 22.4 Å². The zero-order valence-corrected chi connectivity index (χ0v) is 19.7. The molecule has 32 heavy (non-hydrogen) atoms. The fourth-order valence-electron chi connectivity index (χ4n) is 2.28. The second kappa shape index (κ2) is 11.6. The number of thioether (sulfide) groups is 1. The van der Waals surface area contributed by atoms with Crippen molar-refractivity contribution in [1.29, 1.82) is 0 Å². The molecule has 0 aliphatic heterocycles. The lowest BCUT2D eigenvalue weighted by molar-refractivity contribution is 0.0596. The van der Waals surface area contributed by atoms with Crippen molar-refractivity contribution in [1.82, 2.24) is 14.7 Å². The Labute approximate surface area is 194 Å². The van der Waals surface area contributed by atoms with Crippen molar-refractivity contribution in [2.45, 2.75) is 17.6 Å². The van der Waals surface area contributed by atoms with Crippen molar-refractivity contribution in [2.24, 2.45) is 0 Å². The highest BCUT2D eigenvalue weighted by atomic mass is 32.2. The number of hydrogen-bond acceptors (Lipinski definition) is 11. The van der Waals surface area contributed by atoms with E-state index >= 15 is 0 Å². The number of thiocarbonyl (C=S) groups is 1. The number of carbonyl (C=O) groups is 2. The summed E-state index contributed by atoms with van der Waals surface area (Å²) in [5.74, 6) is -0.614. The van der Waals surface area contributed by atoms with E-state index in [1.165, 1.54) is 49.2 Å². The lowest BCUT2D eigenvalue weighted by Gasteiger charge is -2.12. The number of nitrogens with zero attached hydrogens (tertiary/aromatic N) is 2. The molecule has 0 bridgehead atoms. The Morgan fingerprint density at radius 1 is 1.19 bits per heavy atom. The number of ether oxygens (including phenoxy) is 3. The van der Waals surface area contributed by atoms with Gasteiger partial charge >= 0.3 is 12.0 Å². The van der Waals surface area contributed by atoms with Crippen molar-refractivity contribution in [3.8, 4) is 5.88 Å². The van der Waals surface area contributed by atoms with E-state index in [9.17, 15) is 18.0 Å². The van der Waals surface area contributed by atoms with E-state index in [4.69, 9.17) is 21.7 Å². The SMILES string of the molecule is CCOC(=S)SCc1cc(OC)nc(NC(=O)NS(=O)(=O)c2ccccc2C(=O)OC)n1. The minimum atomic E-state index is -4.41. The first-order chi connectivity index (χ1) is 15.2. The molecule has 2 amide bonds. The third-order valence-corrected chi connectivity index (χ3v) is 6.25. The molecule has 1 aromatic carbocycles. The van der Waals surface area contributed by atoms with E-state index in [2.05, 4.69) is 20.0 Å². The van der Waals surface area contributed by atoms with Crippen LogP contribution in [0.4, 0.5) is 10.7 Å². The summed E-state index contributed by atoms with van der Waals surface area (Å²) in [5, 5.41) is 2.24. The van der Waals surface area contributed by atoms with Crippen LogP contribution in [0, 0.1) is 0 Å². The number of benzene rings is 1. The Morgan fingerprint density at radius 3 is 2.56 bits per heavy atom. The number of carbonyl (C=O) groups excluding carboxylic acids is 2. The standard InChI is InChI=1S/C18H20N4O7S3/c1-4-29-18(30)31-10-11-9-14(27-2)20-16(19-11)21-17(24)22-32(25,26)13-8-6-5-7-12(13)15(23)28-3/h5-9H,4,10H2,1-3H3,(H2,19,20,21,22,24). The average Bonchev–Trinajstić information content (AvgIpc) is 2.76. The van der Waals surface area contributed by atoms with Crippen LogP contribution in [0.1, 0.15) is 23.0 Å². The number of hydrogen-bond donors (Lipinski definition) is 2.